The Kier molecular flexibility index (Phi) is 5.59. The number of nitrogens with one attached hydrogen (secondary N) is 1. The molecule has 0 aliphatic carbocycles. The molecular formula is C17H19ClFNO. The largest absolute Gasteiger partial charge is 0.455 e. The molecule has 4 heteroatoms. The van der Waals surface area contributed by atoms with Crippen molar-refractivity contribution in [1.82, 2.24) is 5.32 Å². The molecule has 1 N–H and O–H groups in total. The summed E-state index contributed by atoms with van der Waals surface area (Å²) in [5.74, 6) is 0.929. The molecule has 0 saturated carbocycles. The van der Waals surface area contributed by atoms with Crippen LogP contribution in [0.5, 0.6) is 11.5 Å². The normalized spacial score (nSPS) is 10.7. The second kappa shape index (κ2) is 7.43. The Hall–Kier alpha value is -1.58. The average Bonchev–Trinajstić information content (AvgIpc) is 2.46. The predicted octanol–water partition coefficient (Wildman–Crippen LogP) is 5.08. The van der Waals surface area contributed by atoms with E-state index in [2.05, 4.69) is 12.2 Å². The van der Waals surface area contributed by atoms with E-state index in [9.17, 15) is 4.39 Å². The molecule has 112 valence electrons. The summed E-state index contributed by atoms with van der Waals surface area (Å²) in [6, 6.07) is 10.1. The highest BCUT2D eigenvalue weighted by Crippen LogP contribution is 2.32. The SMILES string of the molecule is CCCNCc1cc(F)ccc1Oc1cc(C)ccc1Cl. The van der Waals surface area contributed by atoms with Gasteiger partial charge in [0.25, 0.3) is 0 Å². The van der Waals surface area contributed by atoms with E-state index in [0.717, 1.165) is 24.1 Å². The fourth-order valence-electron chi connectivity index (χ4n) is 1.99. The van der Waals surface area contributed by atoms with E-state index in [1.807, 2.05) is 19.1 Å². The number of hydrogen-bond donors (Lipinski definition) is 1. The van der Waals surface area contributed by atoms with Crippen LogP contribution in [-0.2, 0) is 6.54 Å². The third-order valence-corrected chi connectivity index (χ3v) is 3.38. The van der Waals surface area contributed by atoms with Crippen molar-refractivity contribution in [2.45, 2.75) is 26.8 Å². The molecule has 2 aromatic rings. The lowest BCUT2D eigenvalue weighted by Crippen LogP contribution is -2.14. The zero-order valence-corrected chi connectivity index (χ0v) is 13.0. The quantitative estimate of drug-likeness (QED) is 0.751. The summed E-state index contributed by atoms with van der Waals surface area (Å²) in [7, 11) is 0. The third-order valence-electron chi connectivity index (χ3n) is 3.07. The summed E-state index contributed by atoms with van der Waals surface area (Å²) < 4.78 is 19.3. The third kappa shape index (κ3) is 4.45. The first-order valence-corrected chi connectivity index (χ1v) is 7.41. The van der Waals surface area contributed by atoms with Crippen LogP contribution in [0.2, 0.25) is 5.02 Å². The van der Waals surface area contributed by atoms with Crippen molar-refractivity contribution in [2.24, 2.45) is 0 Å². The lowest BCUT2D eigenvalue weighted by atomic mass is 10.2. The Morgan fingerprint density at radius 2 is 1.95 bits per heavy atom. The van der Waals surface area contributed by atoms with Gasteiger partial charge >= 0.3 is 0 Å². The second-order valence-corrected chi connectivity index (χ2v) is 5.37. The van der Waals surface area contributed by atoms with E-state index < -0.39 is 0 Å². The van der Waals surface area contributed by atoms with Crippen LogP contribution in [0.4, 0.5) is 4.39 Å². The topological polar surface area (TPSA) is 21.3 Å². The summed E-state index contributed by atoms with van der Waals surface area (Å²) in [5, 5.41) is 3.79. The van der Waals surface area contributed by atoms with Gasteiger partial charge in [-0.05, 0) is 55.8 Å². The molecule has 0 unspecified atom stereocenters. The Labute approximate surface area is 129 Å². The summed E-state index contributed by atoms with van der Waals surface area (Å²) in [5.41, 5.74) is 1.84. The summed E-state index contributed by atoms with van der Waals surface area (Å²) >= 11 is 6.14. The highest BCUT2D eigenvalue weighted by atomic mass is 35.5. The minimum Gasteiger partial charge on any atom is -0.455 e. The molecular weight excluding hydrogens is 289 g/mol. The number of benzene rings is 2. The van der Waals surface area contributed by atoms with Crippen LogP contribution in [0.25, 0.3) is 0 Å². The van der Waals surface area contributed by atoms with Crippen LogP contribution in [0, 0.1) is 12.7 Å². The van der Waals surface area contributed by atoms with Gasteiger partial charge in [0.1, 0.15) is 17.3 Å². The molecule has 0 spiro atoms. The smallest absolute Gasteiger partial charge is 0.146 e. The fraction of sp³-hybridized carbons (Fsp3) is 0.294. The van der Waals surface area contributed by atoms with Gasteiger partial charge in [-0.15, -0.1) is 0 Å². The Bertz CT molecular complexity index is 616. The maximum atomic E-state index is 13.4. The highest BCUT2D eigenvalue weighted by molar-refractivity contribution is 6.32. The molecule has 0 amide bonds. The molecule has 0 radical (unpaired) electrons. The first-order chi connectivity index (χ1) is 10.1. The minimum absolute atomic E-state index is 0.272. The van der Waals surface area contributed by atoms with Gasteiger partial charge in [-0.3, -0.25) is 0 Å². The zero-order chi connectivity index (χ0) is 15.2. The molecule has 0 aromatic heterocycles. The van der Waals surface area contributed by atoms with Crippen LogP contribution < -0.4 is 10.1 Å². The van der Waals surface area contributed by atoms with Crippen molar-refractivity contribution in [2.75, 3.05) is 6.54 Å². The first-order valence-electron chi connectivity index (χ1n) is 7.03. The maximum absolute atomic E-state index is 13.4. The van der Waals surface area contributed by atoms with Gasteiger partial charge < -0.3 is 10.1 Å². The number of hydrogen-bond acceptors (Lipinski definition) is 2. The Balaban J connectivity index is 2.24. The van der Waals surface area contributed by atoms with E-state index in [0.29, 0.717) is 23.1 Å². The standard InChI is InChI=1S/C17H19ClFNO/c1-3-8-20-11-13-10-14(19)5-7-16(13)21-17-9-12(2)4-6-15(17)18/h4-7,9-10,20H,3,8,11H2,1-2H3. The van der Waals surface area contributed by atoms with Crippen LogP contribution in [0.3, 0.4) is 0 Å². The average molecular weight is 308 g/mol. The number of ether oxygens (including phenoxy) is 1. The summed E-state index contributed by atoms with van der Waals surface area (Å²) in [4.78, 5) is 0. The van der Waals surface area contributed by atoms with E-state index >= 15 is 0 Å². The van der Waals surface area contributed by atoms with Gasteiger partial charge in [0.05, 0.1) is 5.02 Å². The highest BCUT2D eigenvalue weighted by Gasteiger charge is 2.09. The monoisotopic (exact) mass is 307 g/mol. The van der Waals surface area contributed by atoms with E-state index in [1.165, 1.54) is 12.1 Å². The van der Waals surface area contributed by atoms with Crippen molar-refractivity contribution in [3.8, 4) is 11.5 Å². The number of rotatable bonds is 6. The minimum atomic E-state index is -0.272. The second-order valence-electron chi connectivity index (χ2n) is 4.96. The zero-order valence-electron chi connectivity index (χ0n) is 12.2. The molecule has 0 atom stereocenters. The maximum Gasteiger partial charge on any atom is 0.146 e. The molecule has 0 heterocycles. The van der Waals surface area contributed by atoms with E-state index in [4.69, 9.17) is 16.3 Å². The van der Waals surface area contributed by atoms with Crippen molar-refractivity contribution >= 4 is 11.6 Å². The molecule has 0 bridgehead atoms. The predicted molar refractivity (Wildman–Crippen MR) is 84.7 cm³/mol. The molecule has 0 aliphatic heterocycles. The van der Waals surface area contributed by atoms with Gasteiger partial charge in [0.15, 0.2) is 0 Å². The fourth-order valence-corrected chi connectivity index (χ4v) is 2.15. The van der Waals surface area contributed by atoms with Crippen molar-refractivity contribution in [3.63, 3.8) is 0 Å². The van der Waals surface area contributed by atoms with Gasteiger partial charge in [0.2, 0.25) is 0 Å². The molecule has 2 aromatic carbocycles. The number of aryl methyl sites for hydroxylation is 1. The van der Waals surface area contributed by atoms with Crippen LogP contribution in [0.1, 0.15) is 24.5 Å². The van der Waals surface area contributed by atoms with Gasteiger partial charge in [-0.1, -0.05) is 24.6 Å². The molecule has 0 saturated heterocycles. The molecule has 21 heavy (non-hydrogen) atoms. The van der Waals surface area contributed by atoms with E-state index in [1.54, 1.807) is 12.1 Å². The van der Waals surface area contributed by atoms with E-state index in [-0.39, 0.29) is 5.82 Å². The van der Waals surface area contributed by atoms with Crippen LogP contribution >= 0.6 is 11.6 Å². The van der Waals surface area contributed by atoms with Gasteiger partial charge in [-0.2, -0.15) is 0 Å². The van der Waals surface area contributed by atoms with Gasteiger partial charge in [0, 0.05) is 12.1 Å². The number of halogens is 2. The lowest BCUT2D eigenvalue weighted by molar-refractivity contribution is 0.469. The van der Waals surface area contributed by atoms with Crippen molar-refractivity contribution in [3.05, 3.63) is 58.4 Å². The van der Waals surface area contributed by atoms with Gasteiger partial charge in [-0.25, -0.2) is 4.39 Å². The van der Waals surface area contributed by atoms with Crippen LogP contribution in [-0.4, -0.2) is 6.54 Å². The Morgan fingerprint density at radius 3 is 2.71 bits per heavy atom. The Morgan fingerprint density at radius 1 is 1.14 bits per heavy atom. The molecule has 2 rings (SSSR count). The van der Waals surface area contributed by atoms with Crippen molar-refractivity contribution < 1.29 is 9.13 Å². The summed E-state index contributed by atoms with van der Waals surface area (Å²) in [6.07, 6.45) is 1.02. The van der Waals surface area contributed by atoms with Crippen LogP contribution in [0.15, 0.2) is 36.4 Å². The lowest BCUT2D eigenvalue weighted by Gasteiger charge is -2.13. The van der Waals surface area contributed by atoms with Crippen molar-refractivity contribution in [1.29, 1.82) is 0 Å². The molecule has 0 aliphatic rings. The molecule has 0 fully saturated rings. The molecule has 2 nitrogen and oxygen atoms in total. The first kappa shape index (κ1) is 15.8. The summed E-state index contributed by atoms with van der Waals surface area (Å²) in [6.45, 7) is 5.49.